The van der Waals surface area contributed by atoms with Crippen LogP contribution in [0.1, 0.15) is 40.7 Å². The highest BCUT2D eigenvalue weighted by atomic mass is 19.1. The van der Waals surface area contributed by atoms with E-state index in [0.29, 0.717) is 29.4 Å². The van der Waals surface area contributed by atoms with E-state index in [1.807, 2.05) is 31.2 Å². The third-order valence-corrected chi connectivity index (χ3v) is 4.64. The summed E-state index contributed by atoms with van der Waals surface area (Å²) in [5.74, 6) is 0.467. The van der Waals surface area contributed by atoms with Crippen molar-refractivity contribution < 1.29 is 13.7 Å². The Kier molecular flexibility index (Phi) is 4.24. The van der Waals surface area contributed by atoms with Crippen molar-refractivity contribution in [2.45, 2.75) is 25.8 Å². The molecular formula is C20H18FN3O2. The second-order valence-corrected chi connectivity index (χ2v) is 6.49. The summed E-state index contributed by atoms with van der Waals surface area (Å²) >= 11 is 0. The molecule has 1 aromatic heterocycles. The Bertz CT molecular complexity index is 919. The highest BCUT2D eigenvalue weighted by Gasteiger charge is 2.34. The number of hydrogen-bond donors (Lipinski definition) is 0. The predicted octanol–water partition coefficient (Wildman–Crippen LogP) is 4.16. The van der Waals surface area contributed by atoms with Gasteiger partial charge in [0, 0.05) is 17.7 Å². The summed E-state index contributed by atoms with van der Waals surface area (Å²) < 4.78 is 18.5. The molecule has 1 amide bonds. The fourth-order valence-corrected chi connectivity index (χ4v) is 3.22. The van der Waals surface area contributed by atoms with Gasteiger partial charge in [-0.15, -0.1) is 0 Å². The first-order chi connectivity index (χ1) is 12.6. The summed E-state index contributed by atoms with van der Waals surface area (Å²) in [7, 11) is 0. The molecule has 2 aromatic carbocycles. The average Bonchev–Trinajstić information content (AvgIpc) is 3.31. The Morgan fingerprint density at radius 2 is 1.88 bits per heavy atom. The van der Waals surface area contributed by atoms with Crippen molar-refractivity contribution >= 4 is 5.91 Å². The van der Waals surface area contributed by atoms with E-state index < -0.39 is 0 Å². The third-order valence-electron chi connectivity index (χ3n) is 4.64. The van der Waals surface area contributed by atoms with Gasteiger partial charge in [0.25, 0.3) is 5.91 Å². The van der Waals surface area contributed by atoms with E-state index in [9.17, 15) is 9.18 Å². The molecule has 0 spiro atoms. The maximum absolute atomic E-state index is 13.1. The number of aromatic nitrogens is 2. The first-order valence-corrected chi connectivity index (χ1v) is 8.59. The molecule has 0 saturated carbocycles. The van der Waals surface area contributed by atoms with Gasteiger partial charge in [-0.05, 0) is 56.2 Å². The Hall–Kier alpha value is -3.02. The van der Waals surface area contributed by atoms with Crippen LogP contribution in [-0.4, -0.2) is 27.5 Å². The van der Waals surface area contributed by atoms with Crippen LogP contribution in [0.15, 0.2) is 53.1 Å². The van der Waals surface area contributed by atoms with Crippen molar-refractivity contribution in [3.05, 3.63) is 71.4 Å². The Morgan fingerprint density at radius 3 is 2.62 bits per heavy atom. The lowest BCUT2D eigenvalue weighted by Gasteiger charge is -2.22. The van der Waals surface area contributed by atoms with Crippen molar-refractivity contribution in [3.8, 4) is 11.4 Å². The molecule has 0 radical (unpaired) electrons. The largest absolute Gasteiger partial charge is 0.337 e. The van der Waals surface area contributed by atoms with Crippen LogP contribution in [-0.2, 0) is 0 Å². The monoisotopic (exact) mass is 351 g/mol. The maximum atomic E-state index is 13.1. The van der Waals surface area contributed by atoms with Gasteiger partial charge in [0.2, 0.25) is 11.7 Å². The molecule has 0 N–H and O–H groups in total. The number of aryl methyl sites for hydroxylation is 1. The van der Waals surface area contributed by atoms with Crippen LogP contribution in [0, 0.1) is 12.7 Å². The van der Waals surface area contributed by atoms with Gasteiger partial charge in [-0.1, -0.05) is 22.9 Å². The van der Waals surface area contributed by atoms with Crippen molar-refractivity contribution in [2.24, 2.45) is 0 Å². The number of likely N-dealkylation sites (tertiary alicyclic amines) is 1. The predicted molar refractivity (Wildman–Crippen MR) is 93.9 cm³/mol. The maximum Gasteiger partial charge on any atom is 0.254 e. The molecule has 1 saturated heterocycles. The lowest BCUT2D eigenvalue weighted by Crippen LogP contribution is -2.30. The van der Waals surface area contributed by atoms with Crippen molar-refractivity contribution in [2.75, 3.05) is 6.54 Å². The van der Waals surface area contributed by atoms with Gasteiger partial charge < -0.3 is 9.42 Å². The van der Waals surface area contributed by atoms with Gasteiger partial charge in [-0.2, -0.15) is 4.98 Å². The molecule has 0 aliphatic carbocycles. The third kappa shape index (κ3) is 3.10. The van der Waals surface area contributed by atoms with Crippen LogP contribution in [0.5, 0.6) is 0 Å². The number of benzene rings is 2. The van der Waals surface area contributed by atoms with Crippen LogP contribution in [0.3, 0.4) is 0 Å². The molecule has 1 aliphatic heterocycles. The lowest BCUT2D eigenvalue weighted by molar-refractivity contribution is 0.0710. The summed E-state index contributed by atoms with van der Waals surface area (Å²) in [6.45, 7) is 2.65. The smallest absolute Gasteiger partial charge is 0.254 e. The van der Waals surface area contributed by atoms with Gasteiger partial charge in [-0.25, -0.2) is 4.39 Å². The van der Waals surface area contributed by atoms with E-state index >= 15 is 0 Å². The van der Waals surface area contributed by atoms with Gasteiger partial charge in [0.15, 0.2) is 0 Å². The molecule has 4 rings (SSSR count). The van der Waals surface area contributed by atoms with Crippen LogP contribution in [0.4, 0.5) is 4.39 Å². The van der Waals surface area contributed by atoms with E-state index in [1.54, 1.807) is 17.0 Å². The number of carbonyl (C=O) groups is 1. The minimum atomic E-state index is -0.317. The van der Waals surface area contributed by atoms with Crippen molar-refractivity contribution in [1.29, 1.82) is 0 Å². The molecule has 0 unspecified atom stereocenters. The molecule has 1 aliphatic rings. The van der Waals surface area contributed by atoms with Crippen LogP contribution in [0.25, 0.3) is 11.4 Å². The van der Waals surface area contributed by atoms with Gasteiger partial charge in [0.05, 0.1) is 0 Å². The number of rotatable bonds is 3. The van der Waals surface area contributed by atoms with Crippen molar-refractivity contribution in [1.82, 2.24) is 15.0 Å². The second kappa shape index (κ2) is 6.71. The lowest BCUT2D eigenvalue weighted by atomic mass is 10.1. The Labute approximate surface area is 150 Å². The van der Waals surface area contributed by atoms with Gasteiger partial charge in [-0.3, -0.25) is 4.79 Å². The van der Waals surface area contributed by atoms with Crippen LogP contribution in [0.2, 0.25) is 0 Å². The number of carbonyl (C=O) groups excluding carboxylic acids is 1. The summed E-state index contributed by atoms with van der Waals surface area (Å²) in [6, 6.07) is 13.2. The SMILES string of the molecule is Cc1ccc(C(=O)N2CCC[C@@H]2c2nc(-c3ccc(F)cc3)no2)cc1. The number of hydrogen-bond acceptors (Lipinski definition) is 4. The summed E-state index contributed by atoms with van der Waals surface area (Å²) in [6.07, 6.45) is 1.67. The number of nitrogens with zero attached hydrogens (tertiary/aromatic N) is 3. The zero-order chi connectivity index (χ0) is 18.1. The van der Waals surface area contributed by atoms with E-state index in [0.717, 1.165) is 18.4 Å². The average molecular weight is 351 g/mol. The zero-order valence-corrected chi connectivity index (χ0v) is 14.4. The molecule has 0 bridgehead atoms. The second-order valence-electron chi connectivity index (χ2n) is 6.49. The molecule has 3 aromatic rings. The molecule has 5 nitrogen and oxygen atoms in total. The minimum absolute atomic E-state index is 0.0333. The van der Waals surface area contributed by atoms with Gasteiger partial charge >= 0.3 is 0 Å². The number of halogens is 1. The summed E-state index contributed by atoms with van der Waals surface area (Å²) in [4.78, 5) is 19.1. The molecular weight excluding hydrogens is 333 g/mol. The first-order valence-electron chi connectivity index (χ1n) is 8.59. The first kappa shape index (κ1) is 16.4. The van der Waals surface area contributed by atoms with Gasteiger partial charge in [0.1, 0.15) is 11.9 Å². The quantitative estimate of drug-likeness (QED) is 0.711. The molecule has 1 atom stereocenters. The standard InChI is InChI=1S/C20H18FN3O2/c1-13-4-6-15(7-5-13)20(25)24-12-2-3-17(24)19-22-18(23-26-19)14-8-10-16(21)11-9-14/h4-11,17H,2-3,12H2,1H3/t17-/m1/s1. The van der Waals surface area contributed by atoms with E-state index in [4.69, 9.17) is 4.52 Å². The minimum Gasteiger partial charge on any atom is -0.337 e. The molecule has 26 heavy (non-hydrogen) atoms. The normalized spacial score (nSPS) is 16.8. The van der Waals surface area contributed by atoms with E-state index in [1.165, 1.54) is 12.1 Å². The van der Waals surface area contributed by atoms with Crippen LogP contribution < -0.4 is 0 Å². The summed E-state index contributed by atoms with van der Waals surface area (Å²) in [5, 5.41) is 3.99. The fourth-order valence-electron chi connectivity index (χ4n) is 3.22. The topological polar surface area (TPSA) is 59.2 Å². The number of amides is 1. The Morgan fingerprint density at radius 1 is 1.15 bits per heavy atom. The molecule has 2 heterocycles. The fraction of sp³-hybridized carbons (Fsp3) is 0.250. The molecule has 132 valence electrons. The summed E-state index contributed by atoms with van der Waals surface area (Å²) in [5.41, 5.74) is 2.44. The highest BCUT2D eigenvalue weighted by molar-refractivity contribution is 5.94. The molecule has 6 heteroatoms. The zero-order valence-electron chi connectivity index (χ0n) is 14.4. The van der Waals surface area contributed by atoms with E-state index in [-0.39, 0.29) is 17.8 Å². The molecule has 1 fully saturated rings. The van der Waals surface area contributed by atoms with E-state index in [2.05, 4.69) is 10.1 Å². The van der Waals surface area contributed by atoms with Crippen molar-refractivity contribution in [3.63, 3.8) is 0 Å². The van der Waals surface area contributed by atoms with Crippen LogP contribution >= 0.6 is 0 Å². The highest BCUT2D eigenvalue weighted by Crippen LogP contribution is 2.33. The Balaban J connectivity index is 1.58.